The maximum atomic E-state index is 9.69. The van der Waals surface area contributed by atoms with Gasteiger partial charge in [0.2, 0.25) is 0 Å². The molecule has 0 saturated heterocycles. The van der Waals surface area contributed by atoms with Crippen LogP contribution in [-0.2, 0) is 0 Å². The fourth-order valence-electron chi connectivity index (χ4n) is 0.977. The summed E-state index contributed by atoms with van der Waals surface area (Å²) in [4.78, 5) is 0. The SMILES string of the molecule is CC(C)=CC(O)C(C)(C)CCO. The molecule has 0 aromatic rings. The third-order valence-electron chi connectivity index (χ3n) is 2.05. The van der Waals surface area contributed by atoms with E-state index in [2.05, 4.69) is 0 Å². The van der Waals surface area contributed by atoms with Gasteiger partial charge in [-0.15, -0.1) is 0 Å². The monoisotopic (exact) mass is 172 g/mol. The summed E-state index contributed by atoms with van der Waals surface area (Å²) in [6, 6.07) is 0. The molecule has 72 valence electrons. The predicted octanol–water partition coefficient (Wildman–Crippen LogP) is 1.72. The van der Waals surface area contributed by atoms with E-state index in [9.17, 15) is 5.11 Å². The van der Waals surface area contributed by atoms with Crippen molar-refractivity contribution in [3.8, 4) is 0 Å². The highest BCUT2D eigenvalue weighted by atomic mass is 16.3. The Morgan fingerprint density at radius 3 is 2.25 bits per heavy atom. The number of hydrogen-bond acceptors (Lipinski definition) is 2. The molecule has 0 radical (unpaired) electrons. The van der Waals surface area contributed by atoms with Crippen molar-refractivity contribution >= 4 is 0 Å². The number of allylic oxidation sites excluding steroid dienone is 1. The van der Waals surface area contributed by atoms with E-state index in [-0.39, 0.29) is 12.0 Å². The molecule has 0 aliphatic carbocycles. The summed E-state index contributed by atoms with van der Waals surface area (Å²) in [6.07, 6.45) is 1.99. The summed E-state index contributed by atoms with van der Waals surface area (Å²) >= 11 is 0. The van der Waals surface area contributed by atoms with Crippen LogP contribution < -0.4 is 0 Å². The minimum absolute atomic E-state index is 0.126. The minimum atomic E-state index is -0.463. The van der Waals surface area contributed by atoms with Gasteiger partial charge >= 0.3 is 0 Å². The normalized spacial score (nSPS) is 14.2. The highest BCUT2D eigenvalue weighted by molar-refractivity contribution is 5.02. The van der Waals surface area contributed by atoms with Crippen molar-refractivity contribution in [1.29, 1.82) is 0 Å². The summed E-state index contributed by atoms with van der Waals surface area (Å²) < 4.78 is 0. The van der Waals surface area contributed by atoms with Crippen LogP contribution in [0, 0.1) is 5.41 Å². The lowest BCUT2D eigenvalue weighted by Gasteiger charge is -2.28. The number of aliphatic hydroxyl groups excluding tert-OH is 2. The van der Waals surface area contributed by atoms with E-state index >= 15 is 0 Å². The van der Waals surface area contributed by atoms with Gasteiger partial charge < -0.3 is 10.2 Å². The van der Waals surface area contributed by atoms with Crippen molar-refractivity contribution in [3.63, 3.8) is 0 Å². The third-order valence-corrected chi connectivity index (χ3v) is 2.05. The molecular weight excluding hydrogens is 152 g/mol. The summed E-state index contributed by atoms with van der Waals surface area (Å²) in [7, 11) is 0. The number of rotatable bonds is 4. The van der Waals surface area contributed by atoms with E-state index in [1.165, 1.54) is 0 Å². The van der Waals surface area contributed by atoms with Crippen LogP contribution in [0.2, 0.25) is 0 Å². The molecule has 0 saturated carbocycles. The van der Waals surface area contributed by atoms with Gasteiger partial charge in [0, 0.05) is 6.61 Å². The van der Waals surface area contributed by atoms with E-state index in [4.69, 9.17) is 5.11 Å². The molecule has 12 heavy (non-hydrogen) atoms. The van der Waals surface area contributed by atoms with E-state index in [0.29, 0.717) is 6.42 Å². The zero-order valence-electron chi connectivity index (χ0n) is 8.46. The third kappa shape index (κ3) is 3.88. The van der Waals surface area contributed by atoms with Crippen LogP contribution in [0.25, 0.3) is 0 Å². The van der Waals surface area contributed by atoms with Gasteiger partial charge in [-0.3, -0.25) is 0 Å². The van der Waals surface area contributed by atoms with Gasteiger partial charge in [-0.25, -0.2) is 0 Å². The van der Waals surface area contributed by atoms with Crippen LogP contribution in [0.4, 0.5) is 0 Å². The summed E-state index contributed by atoms with van der Waals surface area (Å²) in [5.74, 6) is 0. The molecule has 0 aliphatic heterocycles. The molecule has 2 N–H and O–H groups in total. The Hall–Kier alpha value is -0.340. The van der Waals surface area contributed by atoms with Crippen LogP contribution >= 0.6 is 0 Å². The molecule has 2 nitrogen and oxygen atoms in total. The molecule has 0 heterocycles. The van der Waals surface area contributed by atoms with Crippen molar-refractivity contribution in [1.82, 2.24) is 0 Å². The Kier molecular flexibility index (Phi) is 4.50. The van der Waals surface area contributed by atoms with Crippen molar-refractivity contribution in [3.05, 3.63) is 11.6 Å². The summed E-state index contributed by atoms with van der Waals surface area (Å²) in [5, 5.41) is 18.4. The van der Waals surface area contributed by atoms with E-state index in [0.717, 1.165) is 5.57 Å². The van der Waals surface area contributed by atoms with Crippen molar-refractivity contribution in [2.24, 2.45) is 5.41 Å². The highest BCUT2D eigenvalue weighted by Gasteiger charge is 2.24. The van der Waals surface area contributed by atoms with Crippen molar-refractivity contribution in [2.45, 2.75) is 40.2 Å². The minimum Gasteiger partial charge on any atom is -0.396 e. The standard InChI is InChI=1S/C10H20O2/c1-8(2)7-9(12)10(3,4)5-6-11/h7,9,11-12H,5-6H2,1-4H3. The lowest BCUT2D eigenvalue weighted by Crippen LogP contribution is -2.28. The predicted molar refractivity (Wildman–Crippen MR) is 50.9 cm³/mol. The van der Waals surface area contributed by atoms with E-state index in [1.54, 1.807) is 0 Å². The smallest absolute Gasteiger partial charge is 0.0775 e. The summed E-state index contributed by atoms with van der Waals surface area (Å²) in [6.45, 7) is 7.94. The molecule has 0 bridgehead atoms. The second-order valence-electron chi connectivity index (χ2n) is 4.15. The quantitative estimate of drug-likeness (QED) is 0.634. The largest absolute Gasteiger partial charge is 0.396 e. The molecule has 2 heteroatoms. The average molecular weight is 172 g/mol. The first-order valence-electron chi connectivity index (χ1n) is 4.34. The fraction of sp³-hybridized carbons (Fsp3) is 0.800. The molecule has 1 unspecified atom stereocenters. The molecule has 0 aromatic carbocycles. The van der Waals surface area contributed by atoms with Crippen LogP contribution in [0.5, 0.6) is 0 Å². The van der Waals surface area contributed by atoms with Crippen molar-refractivity contribution < 1.29 is 10.2 Å². The molecule has 0 spiro atoms. The first-order chi connectivity index (χ1) is 5.40. The van der Waals surface area contributed by atoms with Gasteiger partial charge in [0.1, 0.15) is 0 Å². The molecule has 1 atom stereocenters. The Bertz CT molecular complexity index is 155. The molecule has 0 aliphatic rings. The van der Waals surface area contributed by atoms with E-state index in [1.807, 2.05) is 33.8 Å². The van der Waals surface area contributed by atoms with Gasteiger partial charge in [-0.1, -0.05) is 25.5 Å². The Morgan fingerprint density at radius 1 is 1.42 bits per heavy atom. The Morgan fingerprint density at radius 2 is 1.92 bits per heavy atom. The summed E-state index contributed by atoms with van der Waals surface area (Å²) in [5.41, 5.74) is 0.875. The van der Waals surface area contributed by atoms with Crippen LogP contribution in [0.3, 0.4) is 0 Å². The highest BCUT2D eigenvalue weighted by Crippen LogP contribution is 2.26. The number of hydrogen-bond donors (Lipinski definition) is 2. The first-order valence-corrected chi connectivity index (χ1v) is 4.34. The van der Waals surface area contributed by atoms with Crippen LogP contribution in [0.1, 0.15) is 34.1 Å². The van der Waals surface area contributed by atoms with Gasteiger partial charge in [-0.2, -0.15) is 0 Å². The van der Waals surface area contributed by atoms with Gasteiger partial charge in [0.15, 0.2) is 0 Å². The van der Waals surface area contributed by atoms with Crippen LogP contribution in [0.15, 0.2) is 11.6 Å². The first kappa shape index (κ1) is 11.7. The van der Waals surface area contributed by atoms with E-state index < -0.39 is 6.10 Å². The van der Waals surface area contributed by atoms with Gasteiger partial charge in [-0.05, 0) is 25.7 Å². The lowest BCUT2D eigenvalue weighted by atomic mass is 9.83. The molecule has 0 fully saturated rings. The topological polar surface area (TPSA) is 40.5 Å². The van der Waals surface area contributed by atoms with Gasteiger partial charge in [0.25, 0.3) is 0 Å². The maximum absolute atomic E-state index is 9.69. The Balaban J connectivity index is 4.24. The zero-order chi connectivity index (χ0) is 9.78. The molecular formula is C10H20O2. The number of aliphatic hydroxyl groups is 2. The molecule has 0 aromatic heterocycles. The Labute approximate surface area is 74.9 Å². The second-order valence-corrected chi connectivity index (χ2v) is 4.15. The molecule has 0 rings (SSSR count). The lowest BCUT2D eigenvalue weighted by molar-refractivity contribution is 0.0662. The fourth-order valence-corrected chi connectivity index (χ4v) is 0.977. The maximum Gasteiger partial charge on any atom is 0.0775 e. The van der Waals surface area contributed by atoms with Gasteiger partial charge in [0.05, 0.1) is 6.10 Å². The van der Waals surface area contributed by atoms with Crippen LogP contribution in [-0.4, -0.2) is 22.9 Å². The average Bonchev–Trinajstić information content (AvgIpc) is 1.85. The molecule has 0 amide bonds. The van der Waals surface area contributed by atoms with Crippen molar-refractivity contribution in [2.75, 3.05) is 6.61 Å². The second kappa shape index (κ2) is 4.63. The zero-order valence-corrected chi connectivity index (χ0v) is 8.46.